The molecule has 0 aliphatic carbocycles. The fourth-order valence-corrected chi connectivity index (χ4v) is 5.63. The van der Waals surface area contributed by atoms with Gasteiger partial charge in [0.15, 0.2) is 0 Å². The van der Waals surface area contributed by atoms with Crippen molar-refractivity contribution in [3.8, 4) is 33.8 Å². The number of aromatic nitrogens is 2. The first-order valence-corrected chi connectivity index (χ1v) is 15.5. The standard InChI is InChI=1S/C40H34N4O5/c1-25-35(39(45)47-3)37(27-11-7-5-8-12-27)33(43-25)23-41-29-15-19-31(20-16-29)49-32-21-17-30(18-22-32)42-24-34-38(28-13-9-6-10-14-28)36(26(2)44-34)40(46)48-4/h5-24,43-44H,1-4H3. The summed E-state index contributed by atoms with van der Waals surface area (Å²) in [5, 5.41) is 0. The Bertz CT molecular complexity index is 1990. The first-order valence-electron chi connectivity index (χ1n) is 15.5. The monoisotopic (exact) mass is 650 g/mol. The maximum Gasteiger partial charge on any atom is 0.340 e. The van der Waals surface area contributed by atoms with Crippen LogP contribution in [0.15, 0.2) is 119 Å². The highest BCUT2D eigenvalue weighted by atomic mass is 16.5. The second-order valence-corrected chi connectivity index (χ2v) is 11.1. The Morgan fingerprint density at radius 2 is 0.918 bits per heavy atom. The number of esters is 2. The summed E-state index contributed by atoms with van der Waals surface area (Å²) in [5.74, 6) is 0.480. The third kappa shape index (κ3) is 7.11. The molecule has 244 valence electrons. The second kappa shape index (κ2) is 14.5. The molecule has 4 aromatic carbocycles. The third-order valence-corrected chi connectivity index (χ3v) is 7.93. The summed E-state index contributed by atoms with van der Waals surface area (Å²) < 4.78 is 16.2. The van der Waals surface area contributed by atoms with E-state index in [1.54, 1.807) is 12.4 Å². The van der Waals surface area contributed by atoms with Gasteiger partial charge in [-0.15, -0.1) is 0 Å². The summed E-state index contributed by atoms with van der Waals surface area (Å²) in [6.07, 6.45) is 3.43. The topological polar surface area (TPSA) is 118 Å². The SMILES string of the molecule is COC(=O)c1c(C)[nH]c(C=Nc2ccc(Oc3ccc(N=Cc4[nH]c(C)c(C(=O)OC)c4-c4ccccc4)cc3)cc2)c1-c1ccccc1. The summed E-state index contributed by atoms with van der Waals surface area (Å²) in [6.45, 7) is 3.68. The number of ether oxygens (including phenoxy) is 3. The number of methoxy groups -OCH3 is 2. The highest BCUT2D eigenvalue weighted by Crippen LogP contribution is 2.33. The maximum absolute atomic E-state index is 12.6. The number of hydrogen-bond acceptors (Lipinski definition) is 7. The maximum atomic E-state index is 12.6. The van der Waals surface area contributed by atoms with Gasteiger partial charge in [0.2, 0.25) is 0 Å². The predicted molar refractivity (Wildman–Crippen MR) is 192 cm³/mol. The lowest BCUT2D eigenvalue weighted by atomic mass is 10.0. The van der Waals surface area contributed by atoms with Crippen LogP contribution in [0.2, 0.25) is 0 Å². The molecule has 0 atom stereocenters. The lowest BCUT2D eigenvalue weighted by Gasteiger charge is -2.07. The van der Waals surface area contributed by atoms with E-state index >= 15 is 0 Å². The van der Waals surface area contributed by atoms with Crippen molar-refractivity contribution in [2.45, 2.75) is 13.8 Å². The molecule has 0 aliphatic rings. The summed E-state index contributed by atoms with van der Waals surface area (Å²) >= 11 is 0. The van der Waals surface area contributed by atoms with E-state index in [9.17, 15) is 9.59 Å². The van der Waals surface area contributed by atoms with Crippen molar-refractivity contribution in [3.63, 3.8) is 0 Å². The number of H-pyrrole nitrogens is 2. The fraction of sp³-hybridized carbons (Fsp3) is 0.100. The number of nitrogens with one attached hydrogen (secondary N) is 2. The van der Waals surface area contributed by atoms with Crippen molar-refractivity contribution in [2.24, 2.45) is 9.98 Å². The molecule has 0 saturated heterocycles. The Kier molecular flexibility index (Phi) is 9.62. The van der Waals surface area contributed by atoms with E-state index in [1.807, 2.05) is 123 Å². The smallest absolute Gasteiger partial charge is 0.340 e. The molecule has 0 aliphatic heterocycles. The average Bonchev–Trinajstić information content (AvgIpc) is 3.66. The molecule has 0 unspecified atom stereocenters. The summed E-state index contributed by atoms with van der Waals surface area (Å²) in [6, 6.07) is 34.1. The third-order valence-electron chi connectivity index (χ3n) is 7.93. The summed E-state index contributed by atoms with van der Waals surface area (Å²) in [7, 11) is 2.75. The minimum atomic E-state index is -0.407. The summed E-state index contributed by atoms with van der Waals surface area (Å²) in [4.78, 5) is 41.0. The van der Waals surface area contributed by atoms with Crippen LogP contribution >= 0.6 is 0 Å². The Labute approximate surface area is 284 Å². The molecule has 49 heavy (non-hydrogen) atoms. The molecule has 2 N–H and O–H groups in total. The molecule has 9 nitrogen and oxygen atoms in total. The number of aryl methyl sites for hydroxylation is 2. The lowest BCUT2D eigenvalue weighted by molar-refractivity contribution is 0.0592. The second-order valence-electron chi connectivity index (χ2n) is 11.1. The molecule has 0 amide bonds. The van der Waals surface area contributed by atoms with Gasteiger partial charge in [0.1, 0.15) is 11.5 Å². The van der Waals surface area contributed by atoms with Gasteiger partial charge in [-0.05, 0) is 73.5 Å². The van der Waals surface area contributed by atoms with E-state index in [0.717, 1.165) is 22.3 Å². The molecule has 6 rings (SSSR count). The van der Waals surface area contributed by atoms with Crippen LogP contribution in [0.3, 0.4) is 0 Å². The summed E-state index contributed by atoms with van der Waals surface area (Å²) in [5.41, 5.74) is 8.49. The zero-order chi connectivity index (χ0) is 34.3. The molecule has 0 bridgehead atoms. The van der Waals surface area contributed by atoms with Gasteiger partial charge in [-0.25, -0.2) is 9.59 Å². The van der Waals surface area contributed by atoms with E-state index in [-0.39, 0.29) is 0 Å². The zero-order valence-electron chi connectivity index (χ0n) is 27.5. The minimum absolute atomic E-state index is 0.407. The van der Waals surface area contributed by atoms with Crippen LogP contribution in [0.4, 0.5) is 11.4 Å². The molecular weight excluding hydrogens is 616 g/mol. The Morgan fingerprint density at radius 1 is 0.551 bits per heavy atom. The normalized spacial score (nSPS) is 11.3. The highest BCUT2D eigenvalue weighted by molar-refractivity contribution is 6.05. The molecule has 2 aromatic heterocycles. The van der Waals surface area contributed by atoms with Crippen LogP contribution in [0.5, 0.6) is 11.5 Å². The van der Waals surface area contributed by atoms with Gasteiger partial charge in [-0.1, -0.05) is 60.7 Å². The van der Waals surface area contributed by atoms with Crippen LogP contribution in [0.25, 0.3) is 22.3 Å². The Morgan fingerprint density at radius 3 is 1.27 bits per heavy atom. The number of carbonyl (C=O) groups excluding carboxylic acids is 2. The largest absolute Gasteiger partial charge is 0.465 e. The Balaban J connectivity index is 1.16. The molecule has 2 heterocycles. The highest BCUT2D eigenvalue weighted by Gasteiger charge is 2.23. The molecule has 0 fully saturated rings. The van der Waals surface area contributed by atoms with Gasteiger partial charge in [0.25, 0.3) is 0 Å². The number of aliphatic imine (C=N–C) groups is 2. The first kappa shape index (κ1) is 32.5. The first-order chi connectivity index (χ1) is 23.9. The quantitative estimate of drug-likeness (QED) is 0.113. The van der Waals surface area contributed by atoms with Gasteiger partial charge in [-0.3, -0.25) is 9.98 Å². The number of benzene rings is 4. The van der Waals surface area contributed by atoms with Crippen molar-refractivity contribution < 1.29 is 23.8 Å². The number of carbonyl (C=O) groups is 2. The van der Waals surface area contributed by atoms with Crippen LogP contribution in [-0.2, 0) is 9.47 Å². The van der Waals surface area contributed by atoms with Gasteiger partial charge < -0.3 is 24.2 Å². The molecule has 9 heteroatoms. The predicted octanol–water partition coefficient (Wildman–Crippen LogP) is 9.16. The molecule has 0 spiro atoms. The van der Waals surface area contributed by atoms with Crippen LogP contribution < -0.4 is 4.74 Å². The van der Waals surface area contributed by atoms with Crippen molar-refractivity contribution in [1.29, 1.82) is 0 Å². The van der Waals surface area contributed by atoms with E-state index in [4.69, 9.17) is 14.2 Å². The van der Waals surface area contributed by atoms with E-state index in [2.05, 4.69) is 20.0 Å². The van der Waals surface area contributed by atoms with Crippen LogP contribution in [0.1, 0.15) is 43.5 Å². The number of aromatic amines is 2. The van der Waals surface area contributed by atoms with Crippen molar-refractivity contribution >= 4 is 35.7 Å². The van der Waals surface area contributed by atoms with E-state index in [0.29, 0.717) is 56.8 Å². The van der Waals surface area contributed by atoms with Gasteiger partial charge >= 0.3 is 11.9 Å². The molecule has 0 saturated carbocycles. The molecule has 0 radical (unpaired) electrons. The van der Waals surface area contributed by atoms with Crippen LogP contribution in [0, 0.1) is 13.8 Å². The average molecular weight is 651 g/mol. The minimum Gasteiger partial charge on any atom is -0.465 e. The van der Waals surface area contributed by atoms with Gasteiger partial charge in [0, 0.05) is 22.5 Å². The fourth-order valence-electron chi connectivity index (χ4n) is 5.63. The molecular formula is C40H34N4O5. The number of hydrogen-bond donors (Lipinski definition) is 2. The van der Waals surface area contributed by atoms with Crippen molar-refractivity contribution in [1.82, 2.24) is 9.97 Å². The van der Waals surface area contributed by atoms with Gasteiger partial charge in [-0.2, -0.15) is 0 Å². The zero-order valence-corrected chi connectivity index (χ0v) is 27.5. The number of rotatable bonds is 10. The molecule has 6 aromatic rings. The van der Waals surface area contributed by atoms with E-state index in [1.165, 1.54) is 14.2 Å². The number of nitrogens with zero attached hydrogens (tertiary/aromatic N) is 2. The van der Waals surface area contributed by atoms with Gasteiger partial charge in [0.05, 0.1) is 60.5 Å². The van der Waals surface area contributed by atoms with Crippen LogP contribution in [-0.4, -0.2) is 48.6 Å². The van der Waals surface area contributed by atoms with E-state index < -0.39 is 11.9 Å². The lowest BCUT2D eigenvalue weighted by Crippen LogP contribution is -2.03. The van der Waals surface area contributed by atoms with Crippen molar-refractivity contribution in [2.75, 3.05) is 14.2 Å². The Hall–Kier alpha value is -6.48. The van der Waals surface area contributed by atoms with Crippen molar-refractivity contribution in [3.05, 3.63) is 143 Å².